The van der Waals surface area contributed by atoms with Gasteiger partial charge in [0.2, 0.25) is 0 Å². The molecule has 0 atom stereocenters. The Morgan fingerprint density at radius 3 is 1.93 bits per heavy atom. The van der Waals surface area contributed by atoms with E-state index in [1.807, 2.05) is 36.4 Å². The highest BCUT2D eigenvalue weighted by Gasteiger charge is 1.75. The average molecular weight is 200 g/mol. The molecule has 0 aliphatic heterocycles. The minimum absolute atomic E-state index is 1.17. The number of nitrogens with one attached hydrogen (secondary N) is 1. The van der Waals surface area contributed by atoms with Gasteiger partial charge in [0.25, 0.3) is 0 Å². The second-order valence-corrected chi connectivity index (χ2v) is 2.05. The maximum Gasteiger partial charge on any atom is 0.0905 e. The number of hydrogen-bond acceptors (Lipinski definition) is 2. The first-order chi connectivity index (χ1) is 7.26. The summed E-state index contributed by atoms with van der Waals surface area (Å²) >= 11 is 0. The molecule has 0 fully saturated rings. The van der Waals surface area contributed by atoms with Crippen molar-refractivity contribution < 1.29 is 0 Å². The molecule has 4 heteroatoms. The highest BCUT2D eigenvalue weighted by Crippen LogP contribution is 1.97. The highest BCUT2D eigenvalue weighted by molar-refractivity contribution is 5.45. The fourth-order valence-electron chi connectivity index (χ4n) is 0.589. The van der Waals surface area contributed by atoms with E-state index in [9.17, 15) is 0 Å². The van der Waals surface area contributed by atoms with Crippen LogP contribution in [0.15, 0.2) is 49.6 Å². The highest BCUT2D eigenvalue weighted by atomic mass is 15.0. The molecule has 0 bridgehead atoms. The van der Waals surface area contributed by atoms with Crippen molar-refractivity contribution in [2.75, 3.05) is 0 Å². The van der Waals surface area contributed by atoms with E-state index in [1.54, 1.807) is 11.0 Å². The van der Waals surface area contributed by atoms with Crippen LogP contribution in [-0.2, 0) is 0 Å². The predicted molar refractivity (Wildman–Crippen MR) is 61.8 cm³/mol. The lowest BCUT2D eigenvalue weighted by Crippen LogP contribution is -1.63. The van der Waals surface area contributed by atoms with Gasteiger partial charge >= 0.3 is 0 Å². The monoisotopic (exact) mass is 200 g/mol. The Morgan fingerprint density at radius 2 is 1.73 bits per heavy atom. The Balaban J connectivity index is 0. The van der Waals surface area contributed by atoms with E-state index in [-0.39, 0.29) is 0 Å². The van der Waals surface area contributed by atoms with Crippen LogP contribution in [-0.4, -0.2) is 0 Å². The molecule has 0 radical (unpaired) electrons. The summed E-state index contributed by atoms with van der Waals surface area (Å²) in [7, 11) is 0. The maximum absolute atomic E-state index is 7.51. The van der Waals surface area contributed by atoms with Crippen molar-refractivity contribution in [3.05, 3.63) is 65.6 Å². The van der Waals surface area contributed by atoms with Crippen molar-refractivity contribution in [3.63, 3.8) is 0 Å². The van der Waals surface area contributed by atoms with E-state index in [1.165, 1.54) is 11.6 Å². The van der Waals surface area contributed by atoms with Gasteiger partial charge in [-0.2, -0.15) is 5.26 Å². The van der Waals surface area contributed by atoms with Crippen LogP contribution in [0.4, 0.5) is 0 Å². The average Bonchev–Trinajstić information content (AvgIpc) is 2.31. The topological polar surface area (TPSA) is 84.0 Å². The quantitative estimate of drug-likeness (QED) is 0.317. The van der Waals surface area contributed by atoms with Gasteiger partial charge in [0, 0.05) is 6.08 Å². The standard InChI is InChI=1S/C8H8.C3H3N.HN3/c1-2-8-6-4-3-5-7-8;1-2-3-4;1-3-2/h2-7H,1H2;2H,1H2;1H. The lowest BCUT2D eigenvalue weighted by Gasteiger charge is -1.85. The van der Waals surface area contributed by atoms with E-state index < -0.39 is 0 Å². The zero-order valence-corrected chi connectivity index (χ0v) is 8.30. The molecule has 0 heterocycles. The van der Waals surface area contributed by atoms with Gasteiger partial charge in [-0.05, 0) is 16.0 Å². The van der Waals surface area contributed by atoms with Crippen LogP contribution in [0.1, 0.15) is 5.56 Å². The number of nitriles is 1. The molecule has 1 aromatic rings. The first-order valence-electron chi connectivity index (χ1n) is 3.95. The number of benzene rings is 1. The van der Waals surface area contributed by atoms with Gasteiger partial charge in [0.05, 0.1) is 6.07 Å². The molecule has 0 aliphatic rings. The molecular formula is C11H12N4. The van der Waals surface area contributed by atoms with Crippen molar-refractivity contribution >= 4 is 6.08 Å². The molecule has 1 N–H and O–H groups in total. The van der Waals surface area contributed by atoms with Crippen molar-refractivity contribution in [3.8, 4) is 6.07 Å². The Morgan fingerprint density at radius 1 is 1.33 bits per heavy atom. The smallest absolute Gasteiger partial charge is 0.0905 e. The Bertz CT molecular complexity index is 343. The molecule has 1 rings (SSSR count). The summed E-state index contributed by atoms with van der Waals surface area (Å²) in [6.45, 7) is 6.75. The van der Waals surface area contributed by atoms with Gasteiger partial charge in [0.1, 0.15) is 0 Å². The van der Waals surface area contributed by atoms with E-state index in [0.29, 0.717) is 0 Å². The first-order valence-corrected chi connectivity index (χ1v) is 3.95. The van der Waals surface area contributed by atoms with E-state index in [0.717, 1.165) is 0 Å². The zero-order chi connectivity index (χ0) is 11.9. The van der Waals surface area contributed by atoms with Crippen LogP contribution in [0.3, 0.4) is 0 Å². The molecular weight excluding hydrogens is 188 g/mol. The summed E-state index contributed by atoms with van der Waals surface area (Å²) in [6.07, 6.45) is 3.01. The fraction of sp³-hybridized carbons (Fsp3) is 0. The molecule has 4 nitrogen and oxygen atoms in total. The fourth-order valence-corrected chi connectivity index (χ4v) is 0.589. The van der Waals surface area contributed by atoms with Gasteiger partial charge in [-0.3, -0.25) is 0 Å². The second kappa shape index (κ2) is 14.0. The molecule has 0 amide bonds. The van der Waals surface area contributed by atoms with Crippen molar-refractivity contribution in [1.82, 2.24) is 0 Å². The molecule has 0 aliphatic carbocycles. The van der Waals surface area contributed by atoms with Crippen LogP contribution < -0.4 is 0 Å². The van der Waals surface area contributed by atoms with Crippen LogP contribution in [0, 0.1) is 16.9 Å². The number of rotatable bonds is 1. The van der Waals surface area contributed by atoms with Crippen LogP contribution in [0.5, 0.6) is 0 Å². The minimum Gasteiger partial charge on any atom is -0.193 e. The summed E-state index contributed by atoms with van der Waals surface area (Å²) in [4.78, 5) is 1.75. The van der Waals surface area contributed by atoms with Crippen LogP contribution >= 0.6 is 0 Å². The number of hydrogen-bond donors (Lipinski definition) is 1. The molecule has 0 saturated carbocycles. The van der Waals surface area contributed by atoms with Gasteiger partial charge in [-0.1, -0.05) is 49.6 Å². The lowest BCUT2D eigenvalue weighted by molar-refractivity contribution is 1.45. The molecule has 76 valence electrons. The van der Waals surface area contributed by atoms with Crippen LogP contribution in [0.2, 0.25) is 0 Å². The van der Waals surface area contributed by atoms with E-state index in [4.69, 9.17) is 16.3 Å². The number of nitrogens with zero attached hydrogens (tertiary/aromatic N) is 3. The Labute approximate surface area is 89.2 Å². The molecule has 0 aromatic heterocycles. The third kappa shape index (κ3) is 14.4. The molecule has 0 unspecified atom stereocenters. The Kier molecular flexibility index (Phi) is 14.0. The largest absolute Gasteiger partial charge is 0.193 e. The molecule has 15 heavy (non-hydrogen) atoms. The van der Waals surface area contributed by atoms with Crippen molar-refractivity contribution in [1.29, 1.82) is 10.8 Å². The summed E-state index contributed by atoms with van der Waals surface area (Å²) in [6, 6.07) is 11.7. The SMILES string of the molecule is C=CC#N.C=Cc1ccccc1.[N-]=[N+]=N. The summed E-state index contributed by atoms with van der Waals surface area (Å²) in [5.41, 5.74) is 13.4. The van der Waals surface area contributed by atoms with Gasteiger partial charge < -0.3 is 0 Å². The third-order valence-electron chi connectivity index (χ3n) is 1.13. The summed E-state index contributed by atoms with van der Waals surface area (Å²) < 4.78 is 0. The molecule has 0 spiro atoms. The number of allylic oxidation sites excluding steroid dienone is 1. The van der Waals surface area contributed by atoms with Crippen LogP contribution in [0.25, 0.3) is 16.5 Å². The Hall–Kier alpha value is -2.50. The van der Waals surface area contributed by atoms with Gasteiger partial charge in [0.15, 0.2) is 0 Å². The van der Waals surface area contributed by atoms with Crippen molar-refractivity contribution in [2.45, 2.75) is 0 Å². The second-order valence-electron chi connectivity index (χ2n) is 2.05. The summed E-state index contributed by atoms with van der Waals surface area (Å²) in [5, 5.41) is 7.51. The first kappa shape index (κ1) is 15.0. The van der Waals surface area contributed by atoms with Gasteiger partial charge in [-0.25, -0.2) is 0 Å². The maximum atomic E-state index is 7.51. The lowest BCUT2D eigenvalue weighted by atomic mass is 10.2. The summed E-state index contributed by atoms with van der Waals surface area (Å²) in [5.74, 6) is 0. The third-order valence-corrected chi connectivity index (χ3v) is 1.13. The predicted octanol–water partition coefficient (Wildman–Crippen LogP) is 3.90. The van der Waals surface area contributed by atoms with Crippen molar-refractivity contribution in [2.24, 2.45) is 0 Å². The molecule has 1 aromatic carbocycles. The van der Waals surface area contributed by atoms with E-state index in [2.05, 4.69) is 13.2 Å². The molecule has 0 saturated heterocycles. The zero-order valence-electron chi connectivity index (χ0n) is 8.30. The van der Waals surface area contributed by atoms with Gasteiger partial charge in [-0.15, -0.1) is 5.53 Å². The minimum atomic E-state index is 1.17. The van der Waals surface area contributed by atoms with E-state index >= 15 is 0 Å². The normalized spacial score (nSPS) is 6.07.